The van der Waals surface area contributed by atoms with Crippen LogP contribution in [0.1, 0.15) is 168 Å². The molecule has 0 aromatic heterocycles. The Morgan fingerprint density at radius 2 is 1.23 bits per heavy atom. The highest BCUT2D eigenvalue weighted by Gasteiger charge is 2.39. The Balaban J connectivity index is 2.03. The molecule has 0 aromatic rings. The van der Waals surface area contributed by atoms with Crippen LogP contribution in [0.2, 0.25) is 0 Å². The number of ketones is 1. The van der Waals surface area contributed by atoms with Gasteiger partial charge < -0.3 is 24.8 Å². The molecule has 1 fully saturated rings. The topological polar surface area (TPSA) is 130 Å². The lowest BCUT2D eigenvalue weighted by Gasteiger charge is -2.19. The third kappa shape index (κ3) is 23.3. The van der Waals surface area contributed by atoms with Gasteiger partial charge in [0.05, 0.1) is 12.2 Å². The van der Waals surface area contributed by atoms with Gasteiger partial charge in [-0.15, -0.1) is 0 Å². The van der Waals surface area contributed by atoms with Crippen molar-refractivity contribution in [1.29, 1.82) is 0 Å². The third-order valence-corrected chi connectivity index (χ3v) is 9.34. The van der Waals surface area contributed by atoms with Crippen molar-refractivity contribution in [2.24, 2.45) is 17.8 Å². The molecule has 0 radical (unpaired) electrons. The summed E-state index contributed by atoms with van der Waals surface area (Å²) in [6.45, 7) is 6.32. The van der Waals surface area contributed by atoms with Gasteiger partial charge in [0, 0.05) is 25.2 Å². The van der Waals surface area contributed by atoms with Gasteiger partial charge in [0.15, 0.2) is 0 Å². The third-order valence-electron chi connectivity index (χ3n) is 9.34. The normalized spacial score (nSPS) is 19.5. The van der Waals surface area contributed by atoms with E-state index >= 15 is 0 Å². The summed E-state index contributed by atoms with van der Waals surface area (Å²) in [5.41, 5.74) is 0. The second kappa shape index (κ2) is 28.1. The quantitative estimate of drug-likeness (QED) is 0.0398. The van der Waals surface area contributed by atoms with E-state index in [2.05, 4.69) is 20.8 Å². The molecular weight excluding hydrogens is 596 g/mol. The van der Waals surface area contributed by atoms with Crippen molar-refractivity contribution in [3.8, 4) is 0 Å². The molecule has 47 heavy (non-hydrogen) atoms. The van der Waals surface area contributed by atoms with Crippen molar-refractivity contribution in [1.82, 2.24) is 0 Å². The summed E-state index contributed by atoms with van der Waals surface area (Å²) in [6.07, 6.45) is 23.2. The summed E-state index contributed by atoms with van der Waals surface area (Å²) in [5.74, 6) is -0.337. The fraction of sp³-hybridized carbons (Fsp3) is 0.872. The van der Waals surface area contributed by atoms with E-state index in [4.69, 9.17) is 9.47 Å². The Morgan fingerprint density at radius 1 is 0.745 bits per heavy atom. The molecule has 0 unspecified atom stereocenters. The van der Waals surface area contributed by atoms with Gasteiger partial charge >= 0.3 is 11.9 Å². The molecule has 1 aliphatic rings. The van der Waals surface area contributed by atoms with Crippen LogP contribution in [-0.2, 0) is 23.9 Å². The first kappa shape index (κ1) is 43.3. The van der Waals surface area contributed by atoms with Crippen LogP contribution in [0.4, 0.5) is 0 Å². The number of hydrogen-bond donors (Lipinski definition) is 3. The first-order valence-electron chi connectivity index (χ1n) is 19.2. The van der Waals surface area contributed by atoms with Crippen LogP contribution in [0.5, 0.6) is 0 Å². The maximum absolute atomic E-state index is 12.4. The summed E-state index contributed by atoms with van der Waals surface area (Å²) in [5, 5.41) is 30.6. The minimum Gasteiger partial charge on any atom is -0.463 e. The summed E-state index contributed by atoms with van der Waals surface area (Å²) in [4.78, 5) is 36.4. The molecule has 0 aliphatic heterocycles. The molecule has 1 rings (SSSR count). The molecule has 8 heteroatoms. The fourth-order valence-corrected chi connectivity index (χ4v) is 6.35. The standard InChI is InChI=1S/C39H70O8/c1-4-5-16-22-32(40)26-27-35-34(36(42)28-37(35)43)23-18-14-15-20-25-39(45)47-30-33(41)29-46-38(44)24-19-13-11-9-7-6-8-10-12-17-21-31(2)3/h26-27,31-36,40-42H,4-25,28-30H2,1-3H3/b27-26+/t32-,33-,34+,35+,36-/m0/s1. The number of carbonyl (C=O) groups is 3. The average molecular weight is 667 g/mol. The number of allylic oxidation sites excluding steroid dienone is 1. The van der Waals surface area contributed by atoms with E-state index < -0.39 is 18.3 Å². The largest absolute Gasteiger partial charge is 0.463 e. The van der Waals surface area contributed by atoms with Crippen molar-refractivity contribution < 1.29 is 39.2 Å². The molecule has 8 nitrogen and oxygen atoms in total. The molecule has 0 heterocycles. The van der Waals surface area contributed by atoms with E-state index in [1.807, 2.05) is 0 Å². The van der Waals surface area contributed by atoms with Gasteiger partial charge in [-0.25, -0.2) is 0 Å². The highest BCUT2D eigenvalue weighted by Crippen LogP contribution is 2.34. The van der Waals surface area contributed by atoms with Crippen molar-refractivity contribution in [3.63, 3.8) is 0 Å². The van der Waals surface area contributed by atoms with Gasteiger partial charge in [-0.05, 0) is 37.5 Å². The van der Waals surface area contributed by atoms with Crippen LogP contribution in [0.3, 0.4) is 0 Å². The van der Waals surface area contributed by atoms with Gasteiger partial charge in [-0.1, -0.05) is 136 Å². The van der Waals surface area contributed by atoms with Crippen molar-refractivity contribution in [2.45, 2.75) is 187 Å². The fourth-order valence-electron chi connectivity index (χ4n) is 6.35. The minimum atomic E-state index is -1.03. The number of carbonyl (C=O) groups excluding carboxylic acids is 3. The van der Waals surface area contributed by atoms with Gasteiger partial charge in [0.2, 0.25) is 0 Å². The number of aliphatic hydroxyl groups is 3. The molecule has 0 aromatic carbocycles. The van der Waals surface area contributed by atoms with Crippen LogP contribution in [-0.4, -0.2) is 64.6 Å². The predicted octanol–water partition coefficient (Wildman–Crippen LogP) is 8.18. The minimum absolute atomic E-state index is 0.0357. The number of Topliss-reactive ketones (excluding diaryl/α,β-unsaturated/α-hetero) is 1. The van der Waals surface area contributed by atoms with E-state index in [1.165, 1.54) is 51.4 Å². The number of rotatable bonds is 30. The number of ether oxygens (including phenoxy) is 2. The zero-order chi connectivity index (χ0) is 34.7. The van der Waals surface area contributed by atoms with Crippen LogP contribution in [0.25, 0.3) is 0 Å². The van der Waals surface area contributed by atoms with Crippen LogP contribution in [0, 0.1) is 17.8 Å². The number of esters is 2. The predicted molar refractivity (Wildman–Crippen MR) is 188 cm³/mol. The van der Waals surface area contributed by atoms with E-state index in [-0.39, 0.29) is 55.6 Å². The SMILES string of the molecule is CCCCC[C@H](O)/C=C/[C@H]1C(=O)C[C@H](O)[C@@H]1CCCCCCC(=O)OC[C@@H](O)COC(=O)CCCCCCCCCCCCC(C)C. The molecule has 0 amide bonds. The molecule has 274 valence electrons. The second-order valence-corrected chi connectivity index (χ2v) is 14.3. The van der Waals surface area contributed by atoms with Crippen molar-refractivity contribution in [2.75, 3.05) is 13.2 Å². The zero-order valence-electron chi connectivity index (χ0n) is 30.2. The Labute approximate surface area is 286 Å². The number of aliphatic hydroxyl groups excluding tert-OH is 3. The van der Waals surface area contributed by atoms with E-state index in [0.717, 1.165) is 70.1 Å². The van der Waals surface area contributed by atoms with Gasteiger partial charge in [-0.2, -0.15) is 0 Å². The lowest BCUT2D eigenvalue weighted by molar-refractivity contribution is -0.152. The first-order chi connectivity index (χ1) is 22.6. The summed E-state index contributed by atoms with van der Waals surface area (Å²) < 4.78 is 10.3. The van der Waals surface area contributed by atoms with Gasteiger partial charge in [-0.3, -0.25) is 14.4 Å². The van der Waals surface area contributed by atoms with E-state index in [1.54, 1.807) is 12.2 Å². The molecule has 0 bridgehead atoms. The Hall–Kier alpha value is -1.77. The summed E-state index contributed by atoms with van der Waals surface area (Å²) in [7, 11) is 0. The van der Waals surface area contributed by atoms with E-state index in [0.29, 0.717) is 19.3 Å². The molecule has 1 aliphatic carbocycles. The molecule has 0 saturated heterocycles. The van der Waals surface area contributed by atoms with Crippen LogP contribution in [0.15, 0.2) is 12.2 Å². The van der Waals surface area contributed by atoms with Crippen molar-refractivity contribution in [3.05, 3.63) is 12.2 Å². The first-order valence-corrected chi connectivity index (χ1v) is 19.2. The summed E-state index contributed by atoms with van der Waals surface area (Å²) >= 11 is 0. The van der Waals surface area contributed by atoms with E-state index in [9.17, 15) is 29.7 Å². The zero-order valence-corrected chi connectivity index (χ0v) is 30.2. The molecular formula is C39H70O8. The van der Waals surface area contributed by atoms with Gasteiger partial charge in [0.25, 0.3) is 0 Å². The van der Waals surface area contributed by atoms with Crippen molar-refractivity contribution >= 4 is 17.7 Å². The van der Waals surface area contributed by atoms with Crippen LogP contribution < -0.4 is 0 Å². The maximum Gasteiger partial charge on any atom is 0.305 e. The highest BCUT2D eigenvalue weighted by molar-refractivity contribution is 5.86. The lowest BCUT2D eigenvalue weighted by atomic mass is 9.88. The summed E-state index contributed by atoms with van der Waals surface area (Å²) in [6, 6.07) is 0. The molecule has 5 atom stereocenters. The lowest BCUT2D eigenvalue weighted by Crippen LogP contribution is -2.25. The maximum atomic E-state index is 12.4. The monoisotopic (exact) mass is 667 g/mol. The van der Waals surface area contributed by atoms with Gasteiger partial charge in [0.1, 0.15) is 25.1 Å². The molecule has 3 N–H and O–H groups in total. The number of unbranched alkanes of at least 4 members (excludes halogenated alkanes) is 14. The second-order valence-electron chi connectivity index (χ2n) is 14.3. The average Bonchev–Trinajstić information content (AvgIpc) is 3.30. The molecule has 0 spiro atoms. The molecule has 1 saturated carbocycles. The highest BCUT2D eigenvalue weighted by atomic mass is 16.6. The number of hydrogen-bond acceptors (Lipinski definition) is 8. The van der Waals surface area contributed by atoms with Crippen LogP contribution >= 0.6 is 0 Å². The Kier molecular flexibility index (Phi) is 25.9. The Morgan fingerprint density at radius 3 is 1.77 bits per heavy atom. The smallest absolute Gasteiger partial charge is 0.305 e. The Bertz CT molecular complexity index is 841.